The first kappa shape index (κ1) is 19.5. The molecule has 1 aromatic heterocycles. The minimum atomic E-state index is 0.182. The molecule has 3 rings (SSSR count). The second-order valence-electron chi connectivity index (χ2n) is 6.52. The third kappa shape index (κ3) is 4.91. The summed E-state index contributed by atoms with van der Waals surface area (Å²) >= 11 is 1.44. The minimum absolute atomic E-state index is 0.182. The fraction of sp³-hybridized carbons (Fsp3) is 0.450. The molecule has 1 aliphatic heterocycles. The lowest BCUT2D eigenvalue weighted by atomic mass is 10.2. The number of thioether (sulfide) groups is 1. The standard InChI is InChI=1S/C20H26N4O2S/c1-3-12-24-19(16-8-10-17(26-2)11-9-16)21-22-20(24)27-15-18(25)23-13-6-4-5-7-14-23/h3,8-11H,1,4-7,12-15H2,2H3. The molecule has 0 atom stereocenters. The number of carbonyl (C=O) groups excluding carboxylic acids is 1. The van der Waals surface area contributed by atoms with E-state index in [-0.39, 0.29) is 5.91 Å². The van der Waals surface area contributed by atoms with Crippen LogP contribution in [0.4, 0.5) is 0 Å². The van der Waals surface area contributed by atoms with Crippen LogP contribution in [0.25, 0.3) is 11.4 Å². The number of methoxy groups -OCH3 is 1. The van der Waals surface area contributed by atoms with Gasteiger partial charge in [-0.2, -0.15) is 0 Å². The molecule has 0 radical (unpaired) electrons. The van der Waals surface area contributed by atoms with Gasteiger partial charge in [0.05, 0.1) is 12.9 Å². The first-order valence-electron chi connectivity index (χ1n) is 9.32. The second-order valence-corrected chi connectivity index (χ2v) is 7.46. The van der Waals surface area contributed by atoms with Crippen molar-refractivity contribution in [3.8, 4) is 17.1 Å². The Morgan fingerprint density at radius 3 is 2.52 bits per heavy atom. The van der Waals surface area contributed by atoms with Crippen LogP contribution in [0.2, 0.25) is 0 Å². The Balaban J connectivity index is 1.72. The average Bonchev–Trinajstić information content (AvgIpc) is 2.91. The third-order valence-electron chi connectivity index (χ3n) is 4.66. The van der Waals surface area contributed by atoms with Crippen molar-refractivity contribution < 1.29 is 9.53 Å². The largest absolute Gasteiger partial charge is 0.497 e. The Kier molecular flexibility index (Phi) is 6.92. The van der Waals surface area contributed by atoms with Gasteiger partial charge in [-0.3, -0.25) is 9.36 Å². The zero-order valence-electron chi connectivity index (χ0n) is 15.8. The topological polar surface area (TPSA) is 60.2 Å². The second kappa shape index (κ2) is 9.60. The number of amides is 1. The molecule has 0 saturated carbocycles. The van der Waals surface area contributed by atoms with E-state index in [4.69, 9.17) is 4.74 Å². The number of likely N-dealkylation sites (tertiary alicyclic amines) is 1. The lowest BCUT2D eigenvalue weighted by Crippen LogP contribution is -2.33. The number of nitrogens with zero attached hydrogens (tertiary/aromatic N) is 4. The molecule has 0 N–H and O–H groups in total. The van der Waals surface area contributed by atoms with Crippen LogP contribution < -0.4 is 4.74 Å². The molecule has 1 saturated heterocycles. The molecule has 27 heavy (non-hydrogen) atoms. The molecule has 0 aliphatic carbocycles. The maximum Gasteiger partial charge on any atom is 0.233 e. The molecular formula is C20H26N4O2S. The summed E-state index contributed by atoms with van der Waals surface area (Å²) in [6.45, 7) is 6.17. The number of rotatable bonds is 7. The van der Waals surface area contributed by atoms with Crippen LogP contribution in [0, 0.1) is 0 Å². The fourth-order valence-electron chi connectivity index (χ4n) is 3.18. The molecular weight excluding hydrogens is 360 g/mol. The monoisotopic (exact) mass is 386 g/mol. The number of allylic oxidation sites excluding steroid dienone is 1. The summed E-state index contributed by atoms with van der Waals surface area (Å²) < 4.78 is 7.21. The first-order valence-corrected chi connectivity index (χ1v) is 10.3. The van der Waals surface area contributed by atoms with Crippen LogP contribution >= 0.6 is 11.8 Å². The summed E-state index contributed by atoms with van der Waals surface area (Å²) in [5.74, 6) is 2.13. The van der Waals surface area contributed by atoms with Gasteiger partial charge >= 0.3 is 0 Å². The zero-order chi connectivity index (χ0) is 19.1. The Morgan fingerprint density at radius 2 is 1.89 bits per heavy atom. The highest BCUT2D eigenvalue weighted by Crippen LogP contribution is 2.26. The number of carbonyl (C=O) groups is 1. The molecule has 0 unspecified atom stereocenters. The predicted molar refractivity (Wildman–Crippen MR) is 108 cm³/mol. The van der Waals surface area contributed by atoms with Crippen LogP contribution in [0.3, 0.4) is 0 Å². The molecule has 1 fully saturated rings. The zero-order valence-corrected chi connectivity index (χ0v) is 16.6. The Bertz CT molecular complexity index is 765. The molecule has 1 aliphatic rings. The van der Waals surface area contributed by atoms with Gasteiger partial charge in [0.15, 0.2) is 11.0 Å². The van der Waals surface area contributed by atoms with Gasteiger partial charge in [-0.05, 0) is 37.1 Å². The third-order valence-corrected chi connectivity index (χ3v) is 5.61. The molecule has 7 heteroatoms. The quantitative estimate of drug-likeness (QED) is 0.537. The highest BCUT2D eigenvalue weighted by Gasteiger charge is 2.19. The van der Waals surface area contributed by atoms with E-state index in [2.05, 4.69) is 16.8 Å². The molecule has 144 valence electrons. The number of aromatic nitrogens is 3. The SMILES string of the molecule is C=CCn1c(SCC(=O)N2CCCCCC2)nnc1-c1ccc(OC)cc1. The smallest absolute Gasteiger partial charge is 0.233 e. The molecule has 1 aromatic carbocycles. The normalized spacial score (nSPS) is 14.6. The van der Waals surface area contributed by atoms with Crippen molar-refractivity contribution in [2.45, 2.75) is 37.4 Å². The first-order chi connectivity index (χ1) is 13.2. The lowest BCUT2D eigenvalue weighted by Gasteiger charge is -2.19. The van der Waals surface area contributed by atoms with Gasteiger partial charge in [0.1, 0.15) is 5.75 Å². The van der Waals surface area contributed by atoms with Crippen LogP contribution in [0.15, 0.2) is 42.1 Å². The van der Waals surface area contributed by atoms with Crippen LogP contribution in [-0.4, -0.2) is 51.5 Å². The van der Waals surface area contributed by atoms with E-state index in [1.54, 1.807) is 7.11 Å². The lowest BCUT2D eigenvalue weighted by molar-refractivity contribution is -0.128. The van der Waals surface area contributed by atoms with Crippen molar-refractivity contribution in [3.63, 3.8) is 0 Å². The number of benzene rings is 1. The molecule has 2 heterocycles. The highest BCUT2D eigenvalue weighted by molar-refractivity contribution is 7.99. The molecule has 0 bridgehead atoms. The Hall–Kier alpha value is -2.28. The Morgan fingerprint density at radius 1 is 1.19 bits per heavy atom. The van der Waals surface area contributed by atoms with E-state index in [9.17, 15) is 4.79 Å². The van der Waals surface area contributed by atoms with Gasteiger partial charge in [-0.25, -0.2) is 0 Å². The molecule has 0 spiro atoms. The van der Waals surface area contributed by atoms with Crippen molar-refractivity contribution in [1.82, 2.24) is 19.7 Å². The van der Waals surface area contributed by atoms with Gasteiger partial charge in [0, 0.05) is 25.2 Å². The van der Waals surface area contributed by atoms with Gasteiger partial charge in [0.2, 0.25) is 5.91 Å². The van der Waals surface area contributed by atoms with Gasteiger partial charge in [0.25, 0.3) is 0 Å². The van der Waals surface area contributed by atoms with Crippen molar-refractivity contribution >= 4 is 17.7 Å². The number of ether oxygens (including phenoxy) is 1. The van der Waals surface area contributed by atoms with E-state index in [0.717, 1.165) is 48.2 Å². The molecule has 2 aromatic rings. The van der Waals surface area contributed by atoms with Gasteiger partial charge in [-0.1, -0.05) is 30.7 Å². The summed E-state index contributed by atoms with van der Waals surface area (Å²) in [4.78, 5) is 14.5. The van der Waals surface area contributed by atoms with E-state index in [1.165, 1.54) is 24.6 Å². The maximum absolute atomic E-state index is 12.6. The van der Waals surface area contributed by atoms with Crippen LogP contribution in [0.1, 0.15) is 25.7 Å². The fourth-order valence-corrected chi connectivity index (χ4v) is 4.03. The van der Waals surface area contributed by atoms with E-state index < -0.39 is 0 Å². The summed E-state index contributed by atoms with van der Waals surface area (Å²) in [5.41, 5.74) is 0.954. The van der Waals surface area contributed by atoms with Crippen molar-refractivity contribution in [1.29, 1.82) is 0 Å². The number of hydrogen-bond acceptors (Lipinski definition) is 5. The summed E-state index contributed by atoms with van der Waals surface area (Å²) in [5, 5.41) is 9.40. The molecule has 6 nitrogen and oxygen atoms in total. The highest BCUT2D eigenvalue weighted by atomic mass is 32.2. The van der Waals surface area contributed by atoms with Gasteiger partial charge in [-0.15, -0.1) is 16.8 Å². The van der Waals surface area contributed by atoms with E-state index in [1.807, 2.05) is 39.8 Å². The van der Waals surface area contributed by atoms with Gasteiger partial charge < -0.3 is 9.64 Å². The summed E-state index contributed by atoms with van der Waals surface area (Å²) in [7, 11) is 1.64. The average molecular weight is 387 g/mol. The van der Waals surface area contributed by atoms with Crippen molar-refractivity contribution in [2.75, 3.05) is 26.0 Å². The number of hydrogen-bond donors (Lipinski definition) is 0. The summed E-state index contributed by atoms with van der Waals surface area (Å²) in [6, 6.07) is 7.72. The van der Waals surface area contributed by atoms with E-state index in [0.29, 0.717) is 12.3 Å². The summed E-state index contributed by atoms with van der Waals surface area (Å²) in [6.07, 6.45) is 6.46. The maximum atomic E-state index is 12.6. The van der Waals surface area contributed by atoms with Crippen LogP contribution in [0.5, 0.6) is 5.75 Å². The van der Waals surface area contributed by atoms with Crippen molar-refractivity contribution in [2.24, 2.45) is 0 Å². The molecule has 1 amide bonds. The van der Waals surface area contributed by atoms with E-state index >= 15 is 0 Å². The van der Waals surface area contributed by atoms with Crippen LogP contribution in [-0.2, 0) is 11.3 Å². The predicted octanol–water partition coefficient (Wildman–Crippen LogP) is 3.63. The van der Waals surface area contributed by atoms with Crippen molar-refractivity contribution in [3.05, 3.63) is 36.9 Å². The Labute approximate surface area is 164 Å². The minimum Gasteiger partial charge on any atom is -0.497 e.